The van der Waals surface area contributed by atoms with E-state index in [4.69, 9.17) is 11.5 Å². The van der Waals surface area contributed by atoms with Crippen LogP contribution in [0.5, 0.6) is 0 Å². The first-order valence-corrected chi connectivity index (χ1v) is 9.04. The van der Waals surface area contributed by atoms with Crippen molar-refractivity contribution < 1.29 is 0 Å². The summed E-state index contributed by atoms with van der Waals surface area (Å²) >= 11 is 0. The Hall–Kier alpha value is -2.08. The molecule has 0 fully saturated rings. The van der Waals surface area contributed by atoms with Crippen molar-refractivity contribution in [2.45, 2.75) is 65.3 Å². The Morgan fingerprint density at radius 2 is 1.56 bits per heavy atom. The van der Waals surface area contributed by atoms with Crippen LogP contribution in [0.4, 0.5) is 0 Å². The van der Waals surface area contributed by atoms with Gasteiger partial charge in [0.05, 0.1) is 12.2 Å². The molecule has 2 aromatic rings. The predicted molar refractivity (Wildman–Crippen MR) is 115 cm³/mol. The Morgan fingerprint density at radius 1 is 1.00 bits per heavy atom. The van der Waals surface area contributed by atoms with Crippen LogP contribution in [-0.4, -0.2) is 27.5 Å². The lowest BCUT2D eigenvalue weighted by Gasteiger charge is -2.26. The molecule has 0 bridgehead atoms. The van der Waals surface area contributed by atoms with Gasteiger partial charge in [0.1, 0.15) is 0 Å². The van der Waals surface area contributed by atoms with Gasteiger partial charge < -0.3 is 11.5 Å². The van der Waals surface area contributed by atoms with Crippen LogP contribution in [0.2, 0.25) is 0 Å². The summed E-state index contributed by atoms with van der Waals surface area (Å²) in [6.07, 6.45) is 2.63. The molecule has 150 valence electrons. The van der Waals surface area contributed by atoms with Crippen LogP contribution in [0.1, 0.15) is 63.9 Å². The molecule has 6 nitrogen and oxygen atoms in total. The second-order valence-electron chi connectivity index (χ2n) is 8.88. The Labute approximate surface area is 168 Å². The summed E-state index contributed by atoms with van der Waals surface area (Å²) in [6.45, 7) is 14.7. The van der Waals surface area contributed by atoms with Gasteiger partial charge in [-0.3, -0.25) is 4.99 Å². The van der Waals surface area contributed by atoms with E-state index in [0.29, 0.717) is 19.5 Å². The van der Waals surface area contributed by atoms with Crippen LogP contribution in [-0.2, 0) is 23.8 Å². The summed E-state index contributed by atoms with van der Waals surface area (Å²) < 4.78 is 1.87. The van der Waals surface area contributed by atoms with E-state index >= 15 is 0 Å². The lowest BCUT2D eigenvalue weighted by molar-refractivity contribution is 0.563. The molecule has 7 heteroatoms. The van der Waals surface area contributed by atoms with Crippen molar-refractivity contribution in [2.24, 2.45) is 16.5 Å². The number of nitrogens with two attached hydrogens (primary N) is 2. The van der Waals surface area contributed by atoms with Crippen molar-refractivity contribution in [1.29, 1.82) is 0 Å². The quantitative estimate of drug-likeness (QED) is 0.603. The SMILES string of the molecule is CC(C)(C)c1cc(Cn2cc(CCN=C(N)N)nn2)cc(C(C)(C)C)c1.Cl. The van der Waals surface area contributed by atoms with Gasteiger partial charge in [-0.1, -0.05) is 65.0 Å². The standard InChI is InChI=1S/C20H32N6.ClH/c1-19(2,3)15-9-14(10-16(11-15)20(4,5)6)12-26-13-17(24-25-26)7-8-23-18(21)22;/h9-11,13H,7-8,12H2,1-6H3,(H4,21,22,23);1H. The van der Waals surface area contributed by atoms with Crippen LogP contribution in [0.25, 0.3) is 0 Å². The molecule has 0 atom stereocenters. The molecule has 1 heterocycles. The summed E-state index contributed by atoms with van der Waals surface area (Å²) in [5.74, 6) is 0.103. The van der Waals surface area contributed by atoms with E-state index in [1.807, 2.05) is 10.9 Å². The zero-order valence-electron chi connectivity index (χ0n) is 17.3. The first-order valence-electron chi connectivity index (χ1n) is 9.04. The largest absolute Gasteiger partial charge is 0.370 e. The molecule has 0 saturated carbocycles. The molecule has 0 unspecified atom stereocenters. The van der Waals surface area contributed by atoms with Gasteiger partial charge in [-0.05, 0) is 27.5 Å². The molecule has 0 radical (unpaired) electrons. The maximum atomic E-state index is 5.35. The smallest absolute Gasteiger partial charge is 0.185 e. The van der Waals surface area contributed by atoms with E-state index in [9.17, 15) is 0 Å². The lowest BCUT2D eigenvalue weighted by atomic mass is 9.79. The van der Waals surface area contributed by atoms with Crippen molar-refractivity contribution in [2.75, 3.05) is 6.54 Å². The van der Waals surface area contributed by atoms with Crippen molar-refractivity contribution in [3.8, 4) is 0 Å². The highest BCUT2D eigenvalue weighted by Crippen LogP contribution is 2.30. The Morgan fingerprint density at radius 3 is 2.04 bits per heavy atom. The van der Waals surface area contributed by atoms with Gasteiger partial charge >= 0.3 is 0 Å². The fourth-order valence-corrected chi connectivity index (χ4v) is 2.67. The van der Waals surface area contributed by atoms with Crippen molar-refractivity contribution in [1.82, 2.24) is 15.0 Å². The van der Waals surface area contributed by atoms with Gasteiger partial charge in [0.2, 0.25) is 0 Å². The number of hydrogen-bond acceptors (Lipinski definition) is 3. The first kappa shape index (κ1) is 23.0. The molecule has 4 N–H and O–H groups in total. The lowest BCUT2D eigenvalue weighted by Crippen LogP contribution is -2.23. The maximum Gasteiger partial charge on any atom is 0.185 e. The molecule has 1 aromatic carbocycles. The van der Waals surface area contributed by atoms with E-state index in [-0.39, 0.29) is 29.2 Å². The van der Waals surface area contributed by atoms with Crippen LogP contribution in [0, 0.1) is 0 Å². The molecule has 0 aliphatic carbocycles. The van der Waals surface area contributed by atoms with Crippen molar-refractivity contribution in [3.05, 3.63) is 46.8 Å². The number of guanidine groups is 1. The number of rotatable bonds is 5. The van der Waals surface area contributed by atoms with Crippen LogP contribution < -0.4 is 11.5 Å². The van der Waals surface area contributed by atoms with Gasteiger partial charge in [-0.2, -0.15) is 0 Å². The third-order valence-corrected chi connectivity index (χ3v) is 4.32. The second-order valence-corrected chi connectivity index (χ2v) is 8.88. The minimum Gasteiger partial charge on any atom is -0.370 e. The molecular formula is C20H33ClN6. The first-order chi connectivity index (χ1) is 11.9. The van der Waals surface area contributed by atoms with Crippen LogP contribution in [0.15, 0.2) is 29.4 Å². The summed E-state index contributed by atoms with van der Waals surface area (Å²) in [6, 6.07) is 6.87. The number of aromatic nitrogens is 3. The van der Waals surface area contributed by atoms with Gasteiger partial charge in [0.25, 0.3) is 0 Å². The summed E-state index contributed by atoms with van der Waals surface area (Å²) in [5, 5.41) is 8.46. The molecular weight excluding hydrogens is 360 g/mol. The molecule has 0 saturated heterocycles. The van der Waals surface area contributed by atoms with E-state index in [2.05, 4.69) is 75.0 Å². The van der Waals surface area contributed by atoms with Gasteiger partial charge in [0, 0.05) is 19.2 Å². The third kappa shape index (κ3) is 6.86. The zero-order valence-corrected chi connectivity index (χ0v) is 18.1. The highest BCUT2D eigenvalue weighted by atomic mass is 35.5. The molecule has 0 spiro atoms. The average Bonchev–Trinajstić information content (AvgIpc) is 2.92. The van der Waals surface area contributed by atoms with Crippen molar-refractivity contribution in [3.63, 3.8) is 0 Å². The van der Waals surface area contributed by atoms with E-state index in [1.165, 1.54) is 16.7 Å². The monoisotopic (exact) mass is 392 g/mol. The average molecular weight is 393 g/mol. The summed E-state index contributed by atoms with van der Waals surface area (Å²) in [5.41, 5.74) is 15.7. The van der Waals surface area contributed by atoms with E-state index in [0.717, 1.165) is 5.69 Å². The maximum absolute atomic E-state index is 5.35. The topological polar surface area (TPSA) is 95.1 Å². The fourth-order valence-electron chi connectivity index (χ4n) is 2.67. The van der Waals surface area contributed by atoms with Crippen LogP contribution >= 0.6 is 12.4 Å². The van der Waals surface area contributed by atoms with E-state index < -0.39 is 0 Å². The highest BCUT2D eigenvalue weighted by molar-refractivity contribution is 5.85. The van der Waals surface area contributed by atoms with Crippen LogP contribution in [0.3, 0.4) is 0 Å². The van der Waals surface area contributed by atoms with Crippen molar-refractivity contribution >= 4 is 18.4 Å². The minimum atomic E-state index is 0. The number of halogens is 1. The number of aliphatic imine (C=N–C) groups is 1. The normalized spacial score (nSPS) is 11.8. The number of nitrogens with zero attached hydrogens (tertiary/aromatic N) is 4. The molecule has 27 heavy (non-hydrogen) atoms. The zero-order chi connectivity index (χ0) is 19.5. The fraction of sp³-hybridized carbons (Fsp3) is 0.550. The number of benzene rings is 1. The Kier molecular flexibility index (Phi) is 7.43. The molecule has 0 aliphatic rings. The number of hydrogen-bond donors (Lipinski definition) is 2. The third-order valence-electron chi connectivity index (χ3n) is 4.32. The van der Waals surface area contributed by atoms with Gasteiger partial charge in [-0.15, -0.1) is 17.5 Å². The Bertz CT molecular complexity index is 744. The molecule has 0 aliphatic heterocycles. The summed E-state index contributed by atoms with van der Waals surface area (Å²) in [4.78, 5) is 3.99. The van der Waals surface area contributed by atoms with Gasteiger partial charge in [0.15, 0.2) is 5.96 Å². The highest BCUT2D eigenvalue weighted by Gasteiger charge is 2.20. The second kappa shape index (κ2) is 8.74. The molecule has 0 amide bonds. The van der Waals surface area contributed by atoms with Gasteiger partial charge in [-0.25, -0.2) is 4.68 Å². The molecule has 2 rings (SSSR count). The summed E-state index contributed by atoms with van der Waals surface area (Å²) in [7, 11) is 0. The predicted octanol–water partition coefficient (Wildman–Crippen LogP) is 3.16. The molecule has 1 aromatic heterocycles. The van der Waals surface area contributed by atoms with E-state index in [1.54, 1.807) is 0 Å². The minimum absolute atomic E-state index is 0. The Balaban J connectivity index is 0.00000364.